The number of nitrogens with zero attached hydrogens (tertiary/aromatic N) is 3. The molecule has 2 fully saturated rings. The Labute approximate surface area is 217 Å². The van der Waals surface area contributed by atoms with Gasteiger partial charge in [-0.25, -0.2) is 0 Å². The monoisotopic (exact) mass is 502 g/mol. The summed E-state index contributed by atoms with van der Waals surface area (Å²) in [5, 5.41) is 16.8. The molecule has 1 saturated heterocycles. The van der Waals surface area contributed by atoms with Crippen LogP contribution in [0.5, 0.6) is 5.75 Å². The molecule has 8 nitrogen and oxygen atoms in total. The summed E-state index contributed by atoms with van der Waals surface area (Å²) < 4.78 is 11.6. The van der Waals surface area contributed by atoms with Crippen LogP contribution in [0, 0.1) is 5.92 Å². The van der Waals surface area contributed by atoms with Crippen molar-refractivity contribution < 1.29 is 19.2 Å². The summed E-state index contributed by atoms with van der Waals surface area (Å²) in [6.07, 6.45) is 4.87. The van der Waals surface area contributed by atoms with Crippen LogP contribution in [0.2, 0.25) is 0 Å². The number of ether oxygens (including phenoxy) is 1. The number of rotatable bonds is 7. The van der Waals surface area contributed by atoms with Gasteiger partial charge in [0, 0.05) is 36.2 Å². The molecular weight excluding hydrogens is 468 g/mol. The SMILES string of the molecule is CNc1cc(-c2nc(-c3cccc4c3CCC43CCN(C4CC(C(=O)O)C4)C3)no2)ccc1OC(C)C. The van der Waals surface area contributed by atoms with Gasteiger partial charge in [-0.15, -0.1) is 0 Å². The fourth-order valence-corrected chi connectivity index (χ4v) is 6.45. The molecule has 0 bridgehead atoms. The van der Waals surface area contributed by atoms with Crippen LogP contribution >= 0.6 is 0 Å². The van der Waals surface area contributed by atoms with Crippen LogP contribution in [0.1, 0.15) is 50.7 Å². The normalized spacial score (nSPS) is 24.9. The summed E-state index contributed by atoms with van der Waals surface area (Å²) in [5.74, 6) is 1.08. The number of anilines is 1. The summed E-state index contributed by atoms with van der Waals surface area (Å²) in [7, 11) is 1.87. The van der Waals surface area contributed by atoms with Crippen molar-refractivity contribution in [1.82, 2.24) is 15.0 Å². The first-order valence-corrected chi connectivity index (χ1v) is 13.3. The lowest BCUT2D eigenvalue weighted by Gasteiger charge is -2.40. The third-order valence-electron chi connectivity index (χ3n) is 8.49. The summed E-state index contributed by atoms with van der Waals surface area (Å²) in [6, 6.07) is 12.7. The Bertz CT molecular complexity index is 1330. The average molecular weight is 503 g/mol. The fraction of sp³-hybridized carbons (Fsp3) is 0.483. The number of fused-ring (bicyclic) bond motifs is 2. The summed E-state index contributed by atoms with van der Waals surface area (Å²) in [5.41, 5.74) is 5.63. The lowest BCUT2D eigenvalue weighted by molar-refractivity contribution is -0.146. The number of aromatic nitrogens is 2. The van der Waals surface area contributed by atoms with Gasteiger partial charge in [-0.2, -0.15) is 4.98 Å². The van der Waals surface area contributed by atoms with Crippen LogP contribution in [0.15, 0.2) is 40.9 Å². The largest absolute Gasteiger partial charge is 0.489 e. The quantitative estimate of drug-likeness (QED) is 0.466. The second-order valence-corrected chi connectivity index (χ2v) is 11.0. The van der Waals surface area contributed by atoms with Gasteiger partial charge in [0.15, 0.2) is 0 Å². The summed E-state index contributed by atoms with van der Waals surface area (Å²) in [4.78, 5) is 18.6. The number of hydrogen-bond donors (Lipinski definition) is 2. The molecule has 3 aliphatic rings. The molecule has 1 aromatic heterocycles. The molecule has 1 atom stereocenters. The van der Waals surface area contributed by atoms with Gasteiger partial charge in [-0.05, 0) is 81.8 Å². The highest BCUT2D eigenvalue weighted by atomic mass is 16.5. The third kappa shape index (κ3) is 4.17. The predicted octanol–water partition coefficient (Wildman–Crippen LogP) is 4.99. The molecule has 194 valence electrons. The van der Waals surface area contributed by atoms with Gasteiger partial charge in [-0.1, -0.05) is 23.4 Å². The van der Waals surface area contributed by atoms with Crippen molar-refractivity contribution in [3.8, 4) is 28.6 Å². The van der Waals surface area contributed by atoms with Crippen molar-refractivity contribution in [2.24, 2.45) is 5.92 Å². The Morgan fingerprint density at radius 1 is 1.24 bits per heavy atom. The lowest BCUT2D eigenvalue weighted by Crippen LogP contribution is -2.47. The molecule has 8 heteroatoms. The minimum absolute atomic E-state index is 0.0822. The molecule has 0 amide bonds. The van der Waals surface area contributed by atoms with Crippen molar-refractivity contribution in [2.75, 3.05) is 25.5 Å². The van der Waals surface area contributed by atoms with Crippen molar-refractivity contribution in [1.29, 1.82) is 0 Å². The van der Waals surface area contributed by atoms with E-state index in [1.807, 2.05) is 39.1 Å². The first-order valence-electron chi connectivity index (χ1n) is 13.3. The van der Waals surface area contributed by atoms with E-state index in [1.165, 1.54) is 11.1 Å². The molecule has 3 aromatic rings. The Morgan fingerprint density at radius 2 is 2.08 bits per heavy atom. The standard InChI is InChI=1S/C29H34N4O4/c1-17(2)36-25-8-7-18(15-24(25)30-3)27-31-26(32-37-27)22-5-4-6-23-21(22)9-10-29(23)11-12-33(16-29)20-13-19(14-20)28(34)35/h4-8,15,17,19-20,30H,9-14,16H2,1-3H3,(H,34,35). The molecule has 2 aliphatic carbocycles. The number of hydrogen-bond acceptors (Lipinski definition) is 7. The van der Waals surface area contributed by atoms with Gasteiger partial charge in [0.25, 0.3) is 5.89 Å². The first kappa shape index (κ1) is 24.0. The average Bonchev–Trinajstić information content (AvgIpc) is 3.58. The number of carboxylic acids is 1. The van der Waals surface area contributed by atoms with Crippen LogP contribution in [0.25, 0.3) is 22.8 Å². The van der Waals surface area contributed by atoms with E-state index in [9.17, 15) is 9.90 Å². The maximum atomic E-state index is 11.3. The fourth-order valence-electron chi connectivity index (χ4n) is 6.45. The lowest BCUT2D eigenvalue weighted by atomic mass is 9.78. The number of likely N-dealkylation sites (tertiary alicyclic amines) is 1. The van der Waals surface area contributed by atoms with Gasteiger partial charge in [0.2, 0.25) is 5.82 Å². The molecule has 2 N–H and O–H groups in total. The van der Waals surface area contributed by atoms with E-state index in [0.717, 1.165) is 67.8 Å². The third-order valence-corrected chi connectivity index (χ3v) is 8.49. The first-order chi connectivity index (χ1) is 17.9. The van der Waals surface area contributed by atoms with E-state index in [4.69, 9.17) is 14.2 Å². The van der Waals surface area contributed by atoms with Crippen LogP contribution in [-0.2, 0) is 16.6 Å². The van der Waals surface area contributed by atoms with Gasteiger partial charge < -0.3 is 19.7 Å². The Hall–Kier alpha value is -3.39. The van der Waals surface area contributed by atoms with Crippen molar-refractivity contribution in [3.63, 3.8) is 0 Å². The minimum Gasteiger partial charge on any atom is -0.489 e. The van der Waals surface area contributed by atoms with Crippen molar-refractivity contribution in [2.45, 2.75) is 63.5 Å². The second-order valence-electron chi connectivity index (χ2n) is 11.0. The van der Waals surface area contributed by atoms with E-state index >= 15 is 0 Å². The molecule has 1 aliphatic heterocycles. The highest BCUT2D eigenvalue weighted by Crippen LogP contribution is 2.49. The zero-order chi connectivity index (χ0) is 25.7. The zero-order valence-corrected chi connectivity index (χ0v) is 21.7. The minimum atomic E-state index is -0.650. The molecular formula is C29H34N4O4. The van der Waals surface area contributed by atoms with Crippen LogP contribution in [-0.4, -0.2) is 58.4 Å². The smallest absolute Gasteiger partial charge is 0.306 e. The maximum Gasteiger partial charge on any atom is 0.306 e. The van der Waals surface area contributed by atoms with E-state index in [-0.39, 0.29) is 17.4 Å². The van der Waals surface area contributed by atoms with Crippen molar-refractivity contribution >= 4 is 11.7 Å². The van der Waals surface area contributed by atoms with E-state index < -0.39 is 5.97 Å². The van der Waals surface area contributed by atoms with Gasteiger partial charge in [-0.3, -0.25) is 9.69 Å². The highest BCUT2D eigenvalue weighted by Gasteiger charge is 2.49. The number of benzene rings is 2. The van der Waals surface area contributed by atoms with Gasteiger partial charge >= 0.3 is 5.97 Å². The predicted molar refractivity (Wildman–Crippen MR) is 141 cm³/mol. The van der Waals surface area contributed by atoms with Crippen LogP contribution in [0.4, 0.5) is 5.69 Å². The Balaban J connectivity index is 1.24. The number of carboxylic acid groups (broad SMARTS) is 1. The van der Waals surface area contributed by atoms with E-state index in [0.29, 0.717) is 17.8 Å². The number of nitrogens with one attached hydrogen (secondary N) is 1. The van der Waals surface area contributed by atoms with Crippen molar-refractivity contribution in [3.05, 3.63) is 47.5 Å². The number of carbonyl (C=O) groups is 1. The number of aliphatic carboxylic acids is 1. The molecule has 37 heavy (non-hydrogen) atoms. The van der Waals surface area contributed by atoms with Gasteiger partial charge in [0.05, 0.1) is 17.7 Å². The zero-order valence-electron chi connectivity index (χ0n) is 21.7. The molecule has 6 rings (SSSR count). The van der Waals surface area contributed by atoms with E-state index in [1.54, 1.807) is 0 Å². The van der Waals surface area contributed by atoms with Crippen LogP contribution in [0.3, 0.4) is 0 Å². The molecule has 1 unspecified atom stereocenters. The molecule has 1 saturated carbocycles. The molecule has 1 spiro atoms. The molecule has 2 heterocycles. The summed E-state index contributed by atoms with van der Waals surface area (Å²) in [6.45, 7) is 6.06. The van der Waals surface area contributed by atoms with E-state index in [2.05, 4.69) is 33.6 Å². The maximum absolute atomic E-state index is 11.3. The molecule has 2 aromatic carbocycles. The Kier molecular flexibility index (Phi) is 5.94. The molecule has 0 radical (unpaired) electrons. The Morgan fingerprint density at radius 3 is 2.84 bits per heavy atom. The topological polar surface area (TPSA) is 101 Å². The van der Waals surface area contributed by atoms with Gasteiger partial charge in [0.1, 0.15) is 5.75 Å². The second kappa shape index (κ2) is 9.17. The van der Waals surface area contributed by atoms with Crippen LogP contribution < -0.4 is 10.1 Å². The summed E-state index contributed by atoms with van der Waals surface area (Å²) >= 11 is 0. The highest BCUT2D eigenvalue weighted by molar-refractivity contribution is 5.72.